The third-order valence-electron chi connectivity index (χ3n) is 4.93. The SMILES string of the molecule is CC/N=C1\C(=C(/C)Nc2ccc(OC(F)(F)F)cc2)C=C(C(=O)NC2CCCN2)N1C. The number of alkyl halides is 3. The van der Waals surface area contributed by atoms with Gasteiger partial charge in [0, 0.05) is 30.5 Å². The van der Waals surface area contributed by atoms with Crippen LogP contribution in [0.4, 0.5) is 18.9 Å². The molecule has 0 aromatic heterocycles. The number of halogens is 3. The molecule has 1 unspecified atom stereocenters. The number of nitrogens with zero attached hydrogens (tertiary/aromatic N) is 2. The van der Waals surface area contributed by atoms with Gasteiger partial charge in [-0.2, -0.15) is 0 Å². The first-order chi connectivity index (χ1) is 14.7. The van der Waals surface area contributed by atoms with Crippen molar-refractivity contribution in [3.05, 3.63) is 47.3 Å². The fourth-order valence-corrected chi connectivity index (χ4v) is 3.49. The smallest absolute Gasteiger partial charge is 0.406 e. The van der Waals surface area contributed by atoms with Crippen LogP contribution in [-0.2, 0) is 4.79 Å². The van der Waals surface area contributed by atoms with Gasteiger partial charge in [0.25, 0.3) is 5.91 Å². The lowest BCUT2D eigenvalue weighted by molar-refractivity contribution is -0.274. The number of likely N-dealkylation sites (N-methyl/N-ethyl adjacent to an activating group) is 1. The Hall–Kier alpha value is -3.01. The maximum absolute atomic E-state index is 12.8. The Morgan fingerprint density at radius 2 is 2.03 bits per heavy atom. The van der Waals surface area contributed by atoms with Gasteiger partial charge in [0.05, 0.1) is 6.17 Å². The highest BCUT2D eigenvalue weighted by atomic mass is 19.4. The minimum atomic E-state index is -4.73. The summed E-state index contributed by atoms with van der Waals surface area (Å²) in [7, 11) is 1.78. The van der Waals surface area contributed by atoms with Gasteiger partial charge in [0.2, 0.25) is 0 Å². The third-order valence-corrected chi connectivity index (χ3v) is 4.93. The first kappa shape index (κ1) is 22.7. The topological polar surface area (TPSA) is 78.0 Å². The average Bonchev–Trinajstić information content (AvgIpc) is 3.31. The molecular weight excluding hydrogens is 411 g/mol. The summed E-state index contributed by atoms with van der Waals surface area (Å²) in [6.07, 6.45) is -1.11. The molecule has 168 valence electrons. The highest BCUT2D eigenvalue weighted by molar-refractivity contribution is 6.12. The van der Waals surface area contributed by atoms with E-state index in [4.69, 9.17) is 0 Å². The van der Waals surface area contributed by atoms with Crippen molar-refractivity contribution in [2.75, 3.05) is 25.5 Å². The Balaban J connectivity index is 1.80. The highest BCUT2D eigenvalue weighted by Gasteiger charge is 2.31. The van der Waals surface area contributed by atoms with E-state index in [0.717, 1.165) is 25.0 Å². The molecule has 2 heterocycles. The van der Waals surface area contributed by atoms with Crippen molar-refractivity contribution in [3.63, 3.8) is 0 Å². The van der Waals surface area contributed by atoms with E-state index >= 15 is 0 Å². The van der Waals surface area contributed by atoms with Gasteiger partial charge in [-0.05, 0) is 63.6 Å². The molecule has 1 amide bonds. The highest BCUT2D eigenvalue weighted by Crippen LogP contribution is 2.27. The van der Waals surface area contributed by atoms with Gasteiger partial charge in [-0.25, -0.2) is 0 Å². The first-order valence-electron chi connectivity index (χ1n) is 10.1. The van der Waals surface area contributed by atoms with E-state index in [1.54, 1.807) is 18.0 Å². The van der Waals surface area contributed by atoms with Crippen LogP contribution >= 0.6 is 0 Å². The Bertz CT molecular complexity index is 901. The zero-order valence-corrected chi connectivity index (χ0v) is 17.6. The molecule has 2 aliphatic heterocycles. The quantitative estimate of drug-likeness (QED) is 0.636. The van der Waals surface area contributed by atoms with Gasteiger partial charge in [0.1, 0.15) is 17.3 Å². The zero-order chi connectivity index (χ0) is 22.6. The van der Waals surface area contributed by atoms with Gasteiger partial charge in [0.15, 0.2) is 0 Å². The molecule has 1 fully saturated rings. The Morgan fingerprint density at radius 1 is 1.32 bits per heavy atom. The lowest BCUT2D eigenvalue weighted by atomic mass is 10.2. The molecule has 0 aliphatic carbocycles. The molecule has 1 saturated heterocycles. The van der Waals surface area contributed by atoms with Crippen LogP contribution in [0.25, 0.3) is 0 Å². The largest absolute Gasteiger partial charge is 0.573 e. The molecule has 0 spiro atoms. The van der Waals surface area contributed by atoms with Gasteiger partial charge in [-0.3, -0.25) is 15.1 Å². The number of ether oxygens (including phenoxy) is 1. The number of benzene rings is 1. The lowest BCUT2D eigenvalue weighted by Gasteiger charge is -2.20. The summed E-state index contributed by atoms with van der Waals surface area (Å²) >= 11 is 0. The van der Waals surface area contributed by atoms with E-state index in [9.17, 15) is 18.0 Å². The molecule has 1 aromatic rings. The molecule has 1 atom stereocenters. The fourth-order valence-electron chi connectivity index (χ4n) is 3.49. The summed E-state index contributed by atoms with van der Waals surface area (Å²) in [6.45, 7) is 5.14. The Labute approximate surface area is 179 Å². The van der Waals surface area contributed by atoms with Crippen molar-refractivity contribution >= 4 is 17.4 Å². The van der Waals surface area contributed by atoms with Crippen LogP contribution in [0.2, 0.25) is 0 Å². The van der Waals surface area contributed by atoms with E-state index < -0.39 is 6.36 Å². The maximum Gasteiger partial charge on any atom is 0.573 e. The molecule has 31 heavy (non-hydrogen) atoms. The van der Waals surface area contributed by atoms with Crippen molar-refractivity contribution in [2.24, 2.45) is 4.99 Å². The summed E-state index contributed by atoms with van der Waals surface area (Å²) < 4.78 is 40.9. The van der Waals surface area contributed by atoms with Crippen LogP contribution in [0.15, 0.2) is 52.3 Å². The first-order valence-corrected chi connectivity index (χ1v) is 10.1. The van der Waals surface area contributed by atoms with Crippen LogP contribution in [0.5, 0.6) is 5.75 Å². The monoisotopic (exact) mass is 437 g/mol. The zero-order valence-electron chi connectivity index (χ0n) is 17.6. The number of nitrogens with one attached hydrogen (secondary N) is 3. The number of anilines is 1. The number of amidine groups is 1. The maximum atomic E-state index is 12.8. The molecule has 7 nitrogen and oxygen atoms in total. The predicted octanol–water partition coefficient (Wildman–Crippen LogP) is 3.34. The molecule has 3 N–H and O–H groups in total. The van der Waals surface area contributed by atoms with E-state index in [1.807, 2.05) is 13.8 Å². The summed E-state index contributed by atoms with van der Waals surface area (Å²) in [5.41, 5.74) is 2.51. The normalized spacial score (nSPS) is 21.9. The Kier molecular flexibility index (Phi) is 6.89. The van der Waals surface area contributed by atoms with Crippen molar-refractivity contribution in [1.82, 2.24) is 15.5 Å². The Morgan fingerprint density at radius 3 is 2.61 bits per heavy atom. The predicted molar refractivity (Wildman–Crippen MR) is 112 cm³/mol. The van der Waals surface area contributed by atoms with E-state index in [2.05, 4.69) is 25.7 Å². The van der Waals surface area contributed by atoms with Crippen molar-refractivity contribution < 1.29 is 22.7 Å². The van der Waals surface area contributed by atoms with Gasteiger partial charge >= 0.3 is 6.36 Å². The summed E-state index contributed by atoms with van der Waals surface area (Å²) in [5.74, 6) is 0.160. The summed E-state index contributed by atoms with van der Waals surface area (Å²) in [4.78, 5) is 19.0. The van der Waals surface area contributed by atoms with E-state index in [1.165, 1.54) is 24.3 Å². The molecule has 10 heteroatoms. The van der Waals surface area contributed by atoms with Gasteiger partial charge in [-0.1, -0.05) is 0 Å². The summed E-state index contributed by atoms with van der Waals surface area (Å²) in [6, 6.07) is 5.45. The van der Waals surface area contributed by atoms with Gasteiger partial charge in [-0.15, -0.1) is 13.2 Å². The number of hydrogen-bond acceptors (Lipinski definition) is 5. The molecule has 0 radical (unpaired) electrons. The minimum absolute atomic E-state index is 0.0435. The van der Waals surface area contributed by atoms with Crippen LogP contribution in [0.1, 0.15) is 26.7 Å². The average molecular weight is 437 g/mol. The second-order valence-corrected chi connectivity index (χ2v) is 7.24. The molecule has 1 aromatic carbocycles. The lowest BCUT2D eigenvalue weighted by Crippen LogP contribution is -2.44. The van der Waals surface area contributed by atoms with Crippen molar-refractivity contribution in [2.45, 2.75) is 39.2 Å². The van der Waals surface area contributed by atoms with Crippen molar-refractivity contribution in [1.29, 1.82) is 0 Å². The molecule has 2 aliphatic rings. The molecular formula is C21H26F3N5O2. The number of allylic oxidation sites excluding steroid dienone is 1. The van der Waals surface area contributed by atoms with E-state index in [0.29, 0.717) is 29.5 Å². The van der Waals surface area contributed by atoms with Crippen LogP contribution < -0.4 is 20.7 Å². The third kappa shape index (κ3) is 5.78. The summed E-state index contributed by atoms with van der Waals surface area (Å²) in [5, 5.41) is 9.38. The molecule has 0 bridgehead atoms. The second kappa shape index (κ2) is 9.42. The van der Waals surface area contributed by atoms with Crippen LogP contribution in [-0.4, -0.2) is 49.3 Å². The molecule has 0 saturated carbocycles. The number of carbonyl (C=O) groups is 1. The van der Waals surface area contributed by atoms with Crippen molar-refractivity contribution in [3.8, 4) is 5.75 Å². The van der Waals surface area contributed by atoms with Crippen LogP contribution in [0.3, 0.4) is 0 Å². The van der Waals surface area contributed by atoms with Crippen LogP contribution in [0, 0.1) is 0 Å². The standard InChI is InChI=1S/C21H26F3N5O2/c1-4-25-19-16(12-17(29(19)3)20(30)28-18-6-5-11-26-18)13(2)27-14-7-9-15(10-8-14)31-21(22,23)24/h7-10,12,18,26-27H,4-6,11H2,1-3H3,(H,28,30)/b16-13+,25-19+. The number of amides is 1. The van der Waals surface area contributed by atoms with Gasteiger partial charge < -0.3 is 20.3 Å². The number of aliphatic imine (C=N–C) groups is 1. The fraction of sp³-hybridized carbons (Fsp3) is 0.429. The second-order valence-electron chi connectivity index (χ2n) is 7.24. The number of rotatable bonds is 6. The molecule has 3 rings (SSSR count). The van der Waals surface area contributed by atoms with E-state index in [-0.39, 0.29) is 17.8 Å². The number of hydrogen-bond donors (Lipinski definition) is 3. The minimum Gasteiger partial charge on any atom is -0.406 e. The number of carbonyl (C=O) groups excluding carboxylic acids is 1.